The van der Waals surface area contributed by atoms with E-state index in [1.165, 1.54) is 4.68 Å². The number of aldehydes is 1. The molecule has 0 aliphatic heterocycles. The second kappa shape index (κ2) is 3.51. The van der Waals surface area contributed by atoms with Gasteiger partial charge in [0.2, 0.25) is 0 Å². The van der Waals surface area contributed by atoms with Crippen LogP contribution >= 0.6 is 0 Å². The Bertz CT molecular complexity index is 624. The van der Waals surface area contributed by atoms with Crippen LogP contribution in [0, 0.1) is 6.92 Å². The maximum atomic E-state index is 14.1. The zero-order chi connectivity index (χ0) is 12.9. The first-order valence-corrected chi connectivity index (χ1v) is 5.79. The highest BCUT2D eigenvalue weighted by atomic mass is 19.1. The number of hydrogen-bond acceptors (Lipinski definition) is 3. The van der Waals surface area contributed by atoms with Crippen LogP contribution in [0.15, 0.2) is 12.3 Å². The quantitative estimate of drug-likeness (QED) is 0.777. The van der Waals surface area contributed by atoms with Crippen molar-refractivity contribution in [1.29, 1.82) is 0 Å². The number of rotatable bonds is 3. The van der Waals surface area contributed by atoms with Gasteiger partial charge in [-0.3, -0.25) is 4.79 Å². The van der Waals surface area contributed by atoms with Crippen LogP contribution in [0.5, 0.6) is 0 Å². The third-order valence-corrected chi connectivity index (χ3v) is 3.22. The molecule has 0 atom stereocenters. The van der Waals surface area contributed by atoms with Crippen molar-refractivity contribution in [2.24, 2.45) is 7.05 Å². The Hall–Kier alpha value is -1.98. The van der Waals surface area contributed by atoms with Crippen LogP contribution in [0.25, 0.3) is 5.82 Å². The molecule has 2 aromatic heterocycles. The molecule has 5 nitrogen and oxygen atoms in total. The standard InChI is InChI=1S/C12H13FN4O/c1-8-3-6-17(14-8)11-9(7-18)10(15-16(11)2)12(13)4-5-12/h3,6-7H,4-5H2,1-2H3. The normalized spacial score (nSPS) is 16.8. The molecule has 6 heteroatoms. The number of aromatic nitrogens is 4. The number of aryl methyl sites for hydroxylation is 2. The Morgan fingerprint density at radius 2 is 2.17 bits per heavy atom. The maximum absolute atomic E-state index is 14.1. The van der Waals surface area contributed by atoms with Gasteiger partial charge in [0.05, 0.1) is 11.3 Å². The van der Waals surface area contributed by atoms with E-state index in [0.717, 1.165) is 5.69 Å². The van der Waals surface area contributed by atoms with Gasteiger partial charge in [0.15, 0.2) is 17.8 Å². The summed E-state index contributed by atoms with van der Waals surface area (Å²) in [7, 11) is 1.69. The van der Waals surface area contributed by atoms with Gasteiger partial charge in [0.25, 0.3) is 0 Å². The highest BCUT2D eigenvalue weighted by Crippen LogP contribution is 2.50. The van der Waals surface area contributed by atoms with Crippen molar-refractivity contribution in [2.75, 3.05) is 0 Å². The first kappa shape index (κ1) is 11.1. The number of carbonyl (C=O) groups is 1. The molecule has 0 bridgehead atoms. The third kappa shape index (κ3) is 1.48. The SMILES string of the molecule is Cc1ccn(-c2c(C=O)c(C3(F)CC3)nn2C)n1. The minimum Gasteiger partial charge on any atom is -0.298 e. The number of hydrogen-bond donors (Lipinski definition) is 0. The smallest absolute Gasteiger partial charge is 0.162 e. The topological polar surface area (TPSA) is 52.7 Å². The van der Waals surface area contributed by atoms with Crippen LogP contribution in [0.4, 0.5) is 4.39 Å². The summed E-state index contributed by atoms with van der Waals surface area (Å²) in [5.41, 5.74) is -0.0613. The van der Waals surface area contributed by atoms with Gasteiger partial charge < -0.3 is 0 Å². The van der Waals surface area contributed by atoms with Crippen molar-refractivity contribution < 1.29 is 9.18 Å². The average Bonchev–Trinajstić information content (AvgIpc) is 2.79. The zero-order valence-electron chi connectivity index (χ0n) is 10.2. The molecule has 2 aromatic rings. The van der Waals surface area contributed by atoms with E-state index in [4.69, 9.17) is 0 Å². The van der Waals surface area contributed by atoms with Crippen molar-refractivity contribution in [2.45, 2.75) is 25.4 Å². The fourth-order valence-corrected chi connectivity index (χ4v) is 2.12. The average molecular weight is 248 g/mol. The second-order valence-corrected chi connectivity index (χ2v) is 4.69. The largest absolute Gasteiger partial charge is 0.298 e. The van der Waals surface area contributed by atoms with Crippen LogP contribution in [-0.2, 0) is 12.7 Å². The predicted molar refractivity (Wildman–Crippen MR) is 62.5 cm³/mol. The molecule has 0 spiro atoms. The van der Waals surface area contributed by atoms with Gasteiger partial charge in [-0.1, -0.05) is 0 Å². The first-order chi connectivity index (χ1) is 8.55. The molecule has 3 rings (SSSR count). The summed E-state index contributed by atoms with van der Waals surface area (Å²) in [6, 6.07) is 1.82. The van der Waals surface area contributed by atoms with Gasteiger partial charge in [-0.15, -0.1) is 0 Å². The summed E-state index contributed by atoms with van der Waals surface area (Å²) in [5, 5.41) is 8.39. The summed E-state index contributed by atoms with van der Waals surface area (Å²) >= 11 is 0. The summed E-state index contributed by atoms with van der Waals surface area (Å²) < 4.78 is 17.2. The molecular formula is C12H13FN4O. The molecule has 1 fully saturated rings. The Labute approximate surface area is 103 Å². The Morgan fingerprint density at radius 1 is 1.44 bits per heavy atom. The van der Waals surface area contributed by atoms with Gasteiger partial charge >= 0.3 is 0 Å². The lowest BCUT2D eigenvalue weighted by molar-refractivity contribution is 0.111. The highest BCUT2D eigenvalue weighted by Gasteiger charge is 2.49. The summed E-state index contributed by atoms with van der Waals surface area (Å²) in [5.74, 6) is 0.511. The fourth-order valence-electron chi connectivity index (χ4n) is 2.12. The van der Waals surface area contributed by atoms with E-state index >= 15 is 0 Å². The predicted octanol–water partition coefficient (Wildman–Crippen LogP) is 1.69. The number of halogens is 1. The molecule has 0 aromatic carbocycles. The molecule has 0 saturated heterocycles. The van der Waals surface area contributed by atoms with E-state index in [2.05, 4.69) is 10.2 Å². The molecule has 0 amide bonds. The monoisotopic (exact) mass is 248 g/mol. The fraction of sp³-hybridized carbons (Fsp3) is 0.417. The van der Waals surface area contributed by atoms with E-state index < -0.39 is 5.67 Å². The minimum absolute atomic E-state index is 0.239. The van der Waals surface area contributed by atoms with Crippen LogP contribution in [0.2, 0.25) is 0 Å². The van der Waals surface area contributed by atoms with Crippen molar-refractivity contribution in [3.8, 4) is 5.82 Å². The zero-order valence-corrected chi connectivity index (χ0v) is 10.2. The summed E-state index contributed by atoms with van der Waals surface area (Å²) in [6.45, 7) is 1.85. The Balaban J connectivity index is 2.20. The van der Waals surface area contributed by atoms with Gasteiger partial charge in [-0.25, -0.2) is 13.8 Å². The minimum atomic E-state index is -1.42. The number of carbonyl (C=O) groups excluding carboxylic acids is 1. The molecule has 1 saturated carbocycles. The van der Waals surface area contributed by atoms with E-state index in [1.807, 2.05) is 13.0 Å². The van der Waals surface area contributed by atoms with Gasteiger partial charge in [0, 0.05) is 13.2 Å². The maximum Gasteiger partial charge on any atom is 0.162 e. The molecule has 94 valence electrons. The highest BCUT2D eigenvalue weighted by molar-refractivity contribution is 5.82. The lowest BCUT2D eigenvalue weighted by Crippen LogP contribution is -2.06. The van der Waals surface area contributed by atoms with Crippen molar-refractivity contribution in [3.63, 3.8) is 0 Å². The Morgan fingerprint density at radius 3 is 2.67 bits per heavy atom. The lowest BCUT2D eigenvalue weighted by atomic mass is 10.1. The van der Waals surface area contributed by atoms with E-state index in [-0.39, 0.29) is 5.69 Å². The number of alkyl halides is 1. The number of nitrogens with zero attached hydrogens (tertiary/aromatic N) is 4. The molecular weight excluding hydrogens is 235 g/mol. The first-order valence-electron chi connectivity index (χ1n) is 5.79. The van der Waals surface area contributed by atoms with Gasteiger partial charge in [0.1, 0.15) is 5.69 Å². The molecule has 2 heterocycles. The van der Waals surface area contributed by atoms with E-state index in [9.17, 15) is 9.18 Å². The second-order valence-electron chi connectivity index (χ2n) is 4.69. The molecule has 0 N–H and O–H groups in total. The van der Waals surface area contributed by atoms with Crippen molar-refractivity contribution in [3.05, 3.63) is 29.2 Å². The van der Waals surface area contributed by atoms with Crippen molar-refractivity contribution >= 4 is 6.29 Å². The molecule has 1 aliphatic carbocycles. The van der Waals surface area contributed by atoms with Gasteiger partial charge in [-0.2, -0.15) is 10.2 Å². The van der Waals surface area contributed by atoms with Crippen LogP contribution in [0.1, 0.15) is 34.6 Å². The third-order valence-electron chi connectivity index (χ3n) is 3.22. The Kier molecular flexibility index (Phi) is 2.17. The lowest BCUT2D eigenvalue weighted by Gasteiger charge is -2.03. The van der Waals surface area contributed by atoms with Crippen LogP contribution in [-0.4, -0.2) is 25.8 Å². The molecule has 1 aliphatic rings. The molecule has 0 unspecified atom stereocenters. The van der Waals surface area contributed by atoms with Gasteiger partial charge in [-0.05, 0) is 25.8 Å². The van der Waals surface area contributed by atoms with Crippen LogP contribution in [0.3, 0.4) is 0 Å². The van der Waals surface area contributed by atoms with E-state index in [1.54, 1.807) is 17.9 Å². The molecule has 0 radical (unpaired) electrons. The van der Waals surface area contributed by atoms with Crippen LogP contribution < -0.4 is 0 Å². The summed E-state index contributed by atoms with van der Waals surface area (Å²) in [6.07, 6.45) is 3.26. The molecule has 18 heavy (non-hydrogen) atoms. The van der Waals surface area contributed by atoms with Crippen molar-refractivity contribution in [1.82, 2.24) is 19.6 Å². The summed E-state index contributed by atoms with van der Waals surface area (Å²) in [4.78, 5) is 11.3. The van der Waals surface area contributed by atoms with E-state index in [0.29, 0.717) is 30.5 Å².